The SMILES string of the molecule is N=C(N)NCCCC(N)(C(=O)O)c1ncccn1. The summed E-state index contributed by atoms with van der Waals surface area (Å²) >= 11 is 0. The third kappa shape index (κ3) is 3.39. The molecule has 0 saturated heterocycles. The van der Waals surface area contributed by atoms with Gasteiger partial charge < -0.3 is 21.9 Å². The molecule has 0 fully saturated rings. The van der Waals surface area contributed by atoms with Gasteiger partial charge in [-0.05, 0) is 18.9 Å². The zero-order chi connectivity index (χ0) is 13.6. The minimum Gasteiger partial charge on any atom is -0.480 e. The van der Waals surface area contributed by atoms with Crippen molar-refractivity contribution in [1.29, 1.82) is 5.41 Å². The summed E-state index contributed by atoms with van der Waals surface area (Å²) in [7, 11) is 0. The Morgan fingerprint density at radius 3 is 2.61 bits per heavy atom. The number of rotatable bonds is 6. The first kappa shape index (κ1) is 13.8. The van der Waals surface area contributed by atoms with E-state index in [1.165, 1.54) is 12.4 Å². The Kier molecular flexibility index (Phi) is 4.55. The zero-order valence-electron chi connectivity index (χ0n) is 9.76. The van der Waals surface area contributed by atoms with Crippen LogP contribution < -0.4 is 16.8 Å². The van der Waals surface area contributed by atoms with Crippen molar-refractivity contribution in [3.8, 4) is 0 Å². The molecule has 7 N–H and O–H groups in total. The zero-order valence-corrected chi connectivity index (χ0v) is 9.76. The Hall–Kier alpha value is -2.22. The first-order valence-corrected chi connectivity index (χ1v) is 5.34. The molecule has 1 atom stereocenters. The van der Waals surface area contributed by atoms with Crippen LogP contribution >= 0.6 is 0 Å². The van der Waals surface area contributed by atoms with Crippen molar-refractivity contribution >= 4 is 11.9 Å². The van der Waals surface area contributed by atoms with Crippen LogP contribution in [0.5, 0.6) is 0 Å². The highest BCUT2D eigenvalue weighted by molar-refractivity contribution is 5.79. The van der Waals surface area contributed by atoms with Gasteiger partial charge in [-0.2, -0.15) is 0 Å². The molecule has 1 aromatic heterocycles. The van der Waals surface area contributed by atoms with Crippen LogP contribution in [0.3, 0.4) is 0 Å². The van der Waals surface area contributed by atoms with Crippen molar-refractivity contribution in [1.82, 2.24) is 15.3 Å². The molecule has 0 aliphatic carbocycles. The number of hydrogen-bond donors (Lipinski definition) is 5. The number of carboxylic acids is 1. The van der Waals surface area contributed by atoms with Crippen LogP contribution in [0.1, 0.15) is 18.7 Å². The maximum atomic E-state index is 11.3. The van der Waals surface area contributed by atoms with Crippen molar-refractivity contribution in [3.05, 3.63) is 24.3 Å². The molecule has 0 spiro atoms. The van der Waals surface area contributed by atoms with E-state index < -0.39 is 11.5 Å². The number of carboxylic acid groups (broad SMARTS) is 1. The Morgan fingerprint density at radius 2 is 2.11 bits per heavy atom. The van der Waals surface area contributed by atoms with Gasteiger partial charge in [-0.15, -0.1) is 0 Å². The summed E-state index contributed by atoms with van der Waals surface area (Å²) in [5.74, 6) is -1.28. The standard InChI is InChI=1S/C10H16N6O2/c11-9(12)16-4-1-3-10(13,8(17)18)7-14-5-2-6-15-7/h2,5-6H,1,3-4,13H2,(H,17,18)(H4,11,12,16). The van der Waals surface area contributed by atoms with Crippen LogP contribution in [0.4, 0.5) is 0 Å². The van der Waals surface area contributed by atoms with E-state index in [9.17, 15) is 9.90 Å². The summed E-state index contributed by atoms with van der Waals surface area (Å²) in [6, 6.07) is 1.59. The Morgan fingerprint density at radius 1 is 1.50 bits per heavy atom. The van der Waals surface area contributed by atoms with Crippen molar-refractivity contribution in [2.45, 2.75) is 18.4 Å². The monoisotopic (exact) mass is 252 g/mol. The Balaban J connectivity index is 2.70. The van der Waals surface area contributed by atoms with E-state index >= 15 is 0 Å². The first-order chi connectivity index (χ1) is 8.47. The van der Waals surface area contributed by atoms with E-state index in [4.69, 9.17) is 16.9 Å². The largest absolute Gasteiger partial charge is 0.480 e. The number of nitrogens with zero attached hydrogens (tertiary/aromatic N) is 2. The van der Waals surface area contributed by atoms with Gasteiger partial charge in [-0.1, -0.05) is 0 Å². The molecule has 18 heavy (non-hydrogen) atoms. The summed E-state index contributed by atoms with van der Waals surface area (Å²) in [5.41, 5.74) is 9.33. The lowest BCUT2D eigenvalue weighted by Gasteiger charge is -2.22. The van der Waals surface area contributed by atoms with Crippen molar-refractivity contribution < 1.29 is 9.90 Å². The van der Waals surface area contributed by atoms with E-state index in [1.807, 2.05) is 0 Å². The summed E-state index contributed by atoms with van der Waals surface area (Å²) in [6.07, 6.45) is 3.47. The van der Waals surface area contributed by atoms with Gasteiger partial charge in [0.15, 0.2) is 17.3 Å². The van der Waals surface area contributed by atoms with Crippen LogP contribution in [-0.4, -0.2) is 33.5 Å². The Labute approximate surface area is 104 Å². The highest BCUT2D eigenvalue weighted by Crippen LogP contribution is 2.20. The summed E-state index contributed by atoms with van der Waals surface area (Å²) in [5, 5.41) is 18.8. The average molecular weight is 252 g/mol. The van der Waals surface area contributed by atoms with Gasteiger partial charge in [-0.25, -0.2) is 14.8 Å². The first-order valence-electron chi connectivity index (χ1n) is 5.34. The topological polar surface area (TPSA) is 151 Å². The van der Waals surface area contributed by atoms with Gasteiger partial charge in [0, 0.05) is 18.9 Å². The van der Waals surface area contributed by atoms with E-state index in [-0.39, 0.29) is 18.2 Å². The predicted molar refractivity (Wildman–Crippen MR) is 64.7 cm³/mol. The van der Waals surface area contributed by atoms with Gasteiger partial charge in [-0.3, -0.25) is 5.41 Å². The van der Waals surface area contributed by atoms with Gasteiger partial charge in [0.05, 0.1) is 0 Å². The maximum Gasteiger partial charge on any atom is 0.331 e. The number of aromatic nitrogens is 2. The molecular formula is C10H16N6O2. The van der Waals surface area contributed by atoms with E-state index in [0.717, 1.165) is 0 Å². The van der Waals surface area contributed by atoms with Gasteiger partial charge in [0.25, 0.3) is 0 Å². The molecule has 0 radical (unpaired) electrons. The molecular weight excluding hydrogens is 236 g/mol. The fourth-order valence-electron chi connectivity index (χ4n) is 1.43. The highest BCUT2D eigenvalue weighted by Gasteiger charge is 2.38. The van der Waals surface area contributed by atoms with Crippen LogP contribution in [0.25, 0.3) is 0 Å². The van der Waals surface area contributed by atoms with Crippen molar-refractivity contribution in [2.24, 2.45) is 11.5 Å². The lowest BCUT2D eigenvalue weighted by Crippen LogP contribution is -2.47. The molecule has 1 aromatic rings. The summed E-state index contributed by atoms with van der Waals surface area (Å²) in [6.45, 7) is 0.369. The van der Waals surface area contributed by atoms with Crippen LogP contribution in [0.15, 0.2) is 18.5 Å². The third-order valence-corrected chi connectivity index (χ3v) is 2.41. The summed E-state index contributed by atoms with van der Waals surface area (Å²) < 4.78 is 0. The second-order valence-electron chi connectivity index (χ2n) is 3.79. The average Bonchev–Trinajstić information content (AvgIpc) is 2.35. The van der Waals surface area contributed by atoms with Crippen LogP contribution in [0, 0.1) is 5.41 Å². The highest BCUT2D eigenvalue weighted by atomic mass is 16.4. The van der Waals surface area contributed by atoms with E-state index in [2.05, 4.69) is 15.3 Å². The van der Waals surface area contributed by atoms with Crippen LogP contribution in [0.2, 0.25) is 0 Å². The predicted octanol–water partition coefficient (Wildman–Crippen LogP) is -1.02. The second-order valence-corrected chi connectivity index (χ2v) is 3.79. The number of guanidine groups is 1. The normalized spacial score (nSPS) is 13.6. The number of nitrogens with one attached hydrogen (secondary N) is 2. The smallest absolute Gasteiger partial charge is 0.331 e. The molecule has 0 aliphatic heterocycles. The van der Waals surface area contributed by atoms with Crippen molar-refractivity contribution in [3.63, 3.8) is 0 Å². The molecule has 0 bridgehead atoms. The second kappa shape index (κ2) is 5.92. The van der Waals surface area contributed by atoms with Gasteiger partial charge >= 0.3 is 5.97 Å². The fourth-order valence-corrected chi connectivity index (χ4v) is 1.43. The molecule has 0 saturated carbocycles. The lowest BCUT2D eigenvalue weighted by molar-refractivity contribution is -0.144. The molecule has 8 nitrogen and oxygen atoms in total. The van der Waals surface area contributed by atoms with Crippen LogP contribution in [-0.2, 0) is 10.3 Å². The molecule has 0 aliphatic rings. The van der Waals surface area contributed by atoms with Gasteiger partial charge in [0.2, 0.25) is 0 Å². The molecule has 8 heteroatoms. The molecule has 0 amide bonds. The molecule has 1 unspecified atom stereocenters. The number of aliphatic carboxylic acids is 1. The molecule has 0 aromatic carbocycles. The van der Waals surface area contributed by atoms with Crippen molar-refractivity contribution in [2.75, 3.05) is 6.54 Å². The molecule has 1 heterocycles. The van der Waals surface area contributed by atoms with E-state index in [0.29, 0.717) is 13.0 Å². The number of hydrogen-bond acceptors (Lipinski definition) is 5. The summed E-state index contributed by atoms with van der Waals surface area (Å²) in [4.78, 5) is 19.0. The minimum atomic E-state index is -1.63. The Bertz CT molecular complexity index is 424. The number of carbonyl (C=O) groups is 1. The molecule has 1 rings (SSSR count). The number of nitrogens with two attached hydrogens (primary N) is 2. The maximum absolute atomic E-state index is 11.3. The lowest BCUT2D eigenvalue weighted by atomic mass is 9.93. The minimum absolute atomic E-state index is 0.0697. The molecule has 98 valence electrons. The van der Waals surface area contributed by atoms with E-state index in [1.54, 1.807) is 6.07 Å². The quantitative estimate of drug-likeness (QED) is 0.247. The fraction of sp³-hybridized carbons (Fsp3) is 0.400. The van der Waals surface area contributed by atoms with Gasteiger partial charge in [0.1, 0.15) is 0 Å². The third-order valence-electron chi connectivity index (χ3n) is 2.41.